The Morgan fingerprint density at radius 3 is 2.14 bits per heavy atom. The highest BCUT2D eigenvalue weighted by atomic mass is 32.2. The summed E-state index contributed by atoms with van der Waals surface area (Å²) >= 11 is 1.51. The number of hydrogen-bond donors (Lipinski definition) is 2. The largest absolute Gasteiger partial charge is 0.286 e. The number of carbonyl (C=O) groups is 1. The van der Waals surface area contributed by atoms with Crippen LogP contribution in [0.5, 0.6) is 0 Å². The minimum Gasteiger partial charge on any atom is -0.286 e. The maximum Gasteiger partial charge on any atom is 0.253 e. The van der Waals surface area contributed by atoms with Gasteiger partial charge >= 0.3 is 0 Å². The predicted octanol–water partition coefficient (Wildman–Crippen LogP) is 2.94. The Morgan fingerprint density at radius 2 is 1.52 bits per heavy atom. The molecule has 118 valence electrons. The zero-order valence-corrected chi connectivity index (χ0v) is 13.5. The molecule has 0 radical (unpaired) electrons. The molecule has 1 amide bonds. The standard InChI is InChI=1S/C15H26N4OS/c20-13-12-21-14-16-17-15(18-19(13)14)10-8-6-4-2-1-3-5-7-9-11-15/h17-18H,1-12H2. The van der Waals surface area contributed by atoms with E-state index in [1.807, 2.05) is 0 Å². The Hall–Kier alpha value is -0.750. The predicted molar refractivity (Wildman–Crippen MR) is 86.5 cm³/mol. The van der Waals surface area contributed by atoms with Crippen molar-refractivity contribution < 1.29 is 4.79 Å². The number of rotatable bonds is 0. The number of carbonyl (C=O) groups excluding carboxylic acids is 1. The average molecular weight is 310 g/mol. The fourth-order valence-corrected chi connectivity index (χ4v) is 4.16. The van der Waals surface area contributed by atoms with Crippen molar-refractivity contribution in [3.63, 3.8) is 0 Å². The summed E-state index contributed by atoms with van der Waals surface area (Å²) in [6.45, 7) is 0. The van der Waals surface area contributed by atoms with Gasteiger partial charge in [0, 0.05) is 0 Å². The van der Waals surface area contributed by atoms with Crippen molar-refractivity contribution in [2.75, 3.05) is 5.75 Å². The van der Waals surface area contributed by atoms with Crippen LogP contribution in [0.15, 0.2) is 5.10 Å². The monoisotopic (exact) mass is 310 g/mol. The van der Waals surface area contributed by atoms with Gasteiger partial charge in [0.1, 0.15) is 5.66 Å². The number of hydrazine groups is 1. The van der Waals surface area contributed by atoms with Gasteiger partial charge in [-0.2, -0.15) is 10.5 Å². The molecule has 3 aliphatic rings. The molecule has 0 aromatic carbocycles. The Labute approximate surface area is 131 Å². The van der Waals surface area contributed by atoms with E-state index in [1.54, 1.807) is 5.01 Å². The quantitative estimate of drug-likeness (QED) is 0.722. The van der Waals surface area contributed by atoms with E-state index in [2.05, 4.69) is 16.0 Å². The second kappa shape index (κ2) is 7.01. The van der Waals surface area contributed by atoms with Crippen molar-refractivity contribution in [1.82, 2.24) is 15.9 Å². The molecule has 2 aliphatic heterocycles. The molecule has 0 bridgehead atoms. The third-order valence-corrected chi connectivity index (χ3v) is 5.59. The number of hydrazone groups is 1. The van der Waals surface area contributed by atoms with Crippen LogP contribution in [0.1, 0.15) is 70.6 Å². The van der Waals surface area contributed by atoms with Crippen LogP contribution in [-0.2, 0) is 4.79 Å². The second-order valence-electron chi connectivity index (χ2n) is 6.40. The third-order valence-electron chi connectivity index (χ3n) is 4.66. The number of amides is 1. The van der Waals surface area contributed by atoms with Crippen LogP contribution in [0.2, 0.25) is 0 Å². The average Bonchev–Trinajstić information content (AvgIpc) is 2.84. The lowest BCUT2D eigenvalue weighted by Gasteiger charge is -2.41. The van der Waals surface area contributed by atoms with Crippen molar-refractivity contribution in [2.24, 2.45) is 5.10 Å². The maximum atomic E-state index is 11.9. The van der Waals surface area contributed by atoms with Crippen LogP contribution >= 0.6 is 11.8 Å². The lowest BCUT2D eigenvalue weighted by molar-refractivity contribution is -0.128. The summed E-state index contributed by atoms with van der Waals surface area (Å²) in [6.07, 6.45) is 13.8. The lowest BCUT2D eigenvalue weighted by atomic mass is 9.93. The molecule has 1 saturated carbocycles. The van der Waals surface area contributed by atoms with Gasteiger partial charge in [0.15, 0.2) is 0 Å². The smallest absolute Gasteiger partial charge is 0.253 e. The van der Waals surface area contributed by atoms with Gasteiger partial charge in [-0.1, -0.05) is 56.7 Å². The summed E-state index contributed by atoms with van der Waals surface area (Å²) in [7, 11) is 0. The lowest BCUT2D eigenvalue weighted by Crippen LogP contribution is -2.65. The molecule has 2 fully saturated rings. The maximum absolute atomic E-state index is 11.9. The summed E-state index contributed by atoms with van der Waals surface area (Å²) < 4.78 is 0. The van der Waals surface area contributed by atoms with Gasteiger partial charge in [-0.05, 0) is 25.7 Å². The first-order valence-corrected chi connectivity index (χ1v) is 9.36. The van der Waals surface area contributed by atoms with E-state index in [1.165, 1.54) is 69.5 Å². The van der Waals surface area contributed by atoms with Crippen LogP contribution in [0.3, 0.4) is 0 Å². The van der Waals surface area contributed by atoms with Gasteiger partial charge in [0.25, 0.3) is 5.91 Å². The van der Waals surface area contributed by atoms with Crippen molar-refractivity contribution in [3.8, 4) is 0 Å². The SMILES string of the molecule is O=C1CSC2=NNC3(CCCCCCCCCCC3)NN12. The Morgan fingerprint density at radius 1 is 0.952 bits per heavy atom. The number of thioether (sulfide) groups is 1. The fraction of sp³-hybridized carbons (Fsp3) is 0.867. The number of fused-ring (bicyclic) bond motifs is 1. The van der Waals surface area contributed by atoms with Crippen molar-refractivity contribution >= 4 is 22.8 Å². The molecule has 21 heavy (non-hydrogen) atoms. The Kier molecular flexibility index (Phi) is 5.06. The van der Waals surface area contributed by atoms with Gasteiger partial charge < -0.3 is 0 Å². The highest BCUT2D eigenvalue weighted by molar-refractivity contribution is 8.15. The molecule has 0 aromatic rings. The summed E-state index contributed by atoms with van der Waals surface area (Å²) in [6, 6.07) is 0. The molecule has 5 nitrogen and oxygen atoms in total. The Balaban J connectivity index is 1.66. The zero-order valence-electron chi connectivity index (χ0n) is 12.7. The van der Waals surface area contributed by atoms with E-state index >= 15 is 0 Å². The highest BCUT2D eigenvalue weighted by Gasteiger charge is 2.41. The van der Waals surface area contributed by atoms with Gasteiger partial charge in [-0.15, -0.1) is 0 Å². The molecule has 2 N–H and O–H groups in total. The number of amidine groups is 1. The number of nitrogens with one attached hydrogen (secondary N) is 2. The molecular weight excluding hydrogens is 284 g/mol. The van der Waals surface area contributed by atoms with Gasteiger partial charge in [0.2, 0.25) is 5.17 Å². The van der Waals surface area contributed by atoms with Gasteiger partial charge in [-0.3, -0.25) is 10.2 Å². The van der Waals surface area contributed by atoms with E-state index in [4.69, 9.17) is 0 Å². The van der Waals surface area contributed by atoms with E-state index in [0.717, 1.165) is 18.0 Å². The third kappa shape index (κ3) is 3.72. The fourth-order valence-electron chi connectivity index (χ4n) is 3.39. The highest BCUT2D eigenvalue weighted by Crippen LogP contribution is 2.28. The van der Waals surface area contributed by atoms with Crippen molar-refractivity contribution in [1.29, 1.82) is 0 Å². The van der Waals surface area contributed by atoms with Crippen LogP contribution in [0.25, 0.3) is 0 Å². The second-order valence-corrected chi connectivity index (χ2v) is 7.34. The summed E-state index contributed by atoms with van der Waals surface area (Å²) in [5, 5.41) is 6.91. The molecule has 1 aliphatic carbocycles. The van der Waals surface area contributed by atoms with Crippen molar-refractivity contribution in [3.05, 3.63) is 0 Å². The van der Waals surface area contributed by atoms with Crippen LogP contribution < -0.4 is 10.9 Å². The normalized spacial score (nSPS) is 27.3. The number of hydrogen-bond acceptors (Lipinski definition) is 5. The molecule has 6 heteroatoms. The van der Waals surface area contributed by atoms with E-state index < -0.39 is 0 Å². The molecule has 0 aromatic heterocycles. The summed E-state index contributed by atoms with van der Waals surface area (Å²) in [5.41, 5.74) is 6.58. The van der Waals surface area contributed by atoms with Crippen molar-refractivity contribution in [2.45, 2.75) is 76.3 Å². The molecule has 0 unspecified atom stereocenters. The van der Waals surface area contributed by atoms with Gasteiger partial charge in [0.05, 0.1) is 5.75 Å². The Bertz CT molecular complexity index is 400. The molecule has 2 heterocycles. The minimum atomic E-state index is -0.219. The minimum absolute atomic E-state index is 0.130. The van der Waals surface area contributed by atoms with Crippen LogP contribution in [0.4, 0.5) is 0 Å². The molecule has 3 rings (SSSR count). The van der Waals surface area contributed by atoms with E-state index in [9.17, 15) is 4.79 Å². The van der Waals surface area contributed by atoms with E-state index in [-0.39, 0.29) is 11.6 Å². The van der Waals surface area contributed by atoms with Crippen LogP contribution in [-0.4, -0.2) is 27.5 Å². The molecule has 0 atom stereocenters. The van der Waals surface area contributed by atoms with Crippen LogP contribution in [0, 0.1) is 0 Å². The number of nitrogens with zero attached hydrogens (tertiary/aromatic N) is 2. The first-order chi connectivity index (χ1) is 10.3. The first kappa shape index (κ1) is 15.2. The summed E-state index contributed by atoms with van der Waals surface area (Å²) in [5.74, 6) is 0.634. The molecule has 1 saturated heterocycles. The summed E-state index contributed by atoms with van der Waals surface area (Å²) in [4.78, 5) is 11.9. The molecular formula is C15H26N4OS. The first-order valence-electron chi connectivity index (χ1n) is 8.38. The van der Waals surface area contributed by atoms with Gasteiger partial charge in [-0.25, -0.2) is 5.01 Å². The zero-order chi connectivity index (χ0) is 14.5. The van der Waals surface area contributed by atoms with E-state index in [0.29, 0.717) is 5.75 Å². The molecule has 1 spiro atoms. The topological polar surface area (TPSA) is 56.7 Å².